The van der Waals surface area contributed by atoms with E-state index in [0.717, 1.165) is 32.8 Å². The number of carbonyl (C=O) groups is 1. The summed E-state index contributed by atoms with van der Waals surface area (Å²) >= 11 is 6.45. The van der Waals surface area contributed by atoms with Crippen LogP contribution in [0.2, 0.25) is 0 Å². The molecule has 1 amide bonds. The summed E-state index contributed by atoms with van der Waals surface area (Å²) in [5.74, 6) is 0.133. The Morgan fingerprint density at radius 3 is 2.72 bits per heavy atom. The van der Waals surface area contributed by atoms with E-state index in [1.807, 2.05) is 18.2 Å². The number of aliphatic imine (C=N–C) groups is 1. The molecule has 3 N–H and O–H groups in total. The van der Waals surface area contributed by atoms with E-state index in [9.17, 15) is 15.0 Å². The number of nitrogens with zero attached hydrogens (tertiary/aromatic N) is 2. The van der Waals surface area contributed by atoms with Gasteiger partial charge >= 0.3 is 0 Å². The van der Waals surface area contributed by atoms with Crippen molar-refractivity contribution < 1.29 is 19.7 Å². The summed E-state index contributed by atoms with van der Waals surface area (Å²) < 4.78 is 6.65. The van der Waals surface area contributed by atoms with Gasteiger partial charge in [-0.2, -0.15) is 4.68 Å². The van der Waals surface area contributed by atoms with E-state index >= 15 is 0 Å². The normalized spacial score (nSPS) is 13.5. The van der Waals surface area contributed by atoms with Crippen LogP contribution in [0.3, 0.4) is 0 Å². The molecule has 9 heteroatoms. The second-order valence-corrected chi connectivity index (χ2v) is 7.80. The average molecular weight is 425 g/mol. The van der Waals surface area contributed by atoms with Gasteiger partial charge in [0.05, 0.1) is 17.7 Å². The minimum absolute atomic E-state index is 0.0570. The van der Waals surface area contributed by atoms with Crippen molar-refractivity contribution in [3.05, 3.63) is 62.4 Å². The minimum Gasteiger partial charge on any atom is -0.508 e. The quantitative estimate of drug-likeness (QED) is 0.541. The zero-order chi connectivity index (χ0) is 20.5. The number of methoxy groups -OCH3 is 1. The molecule has 29 heavy (non-hydrogen) atoms. The summed E-state index contributed by atoms with van der Waals surface area (Å²) in [4.78, 5) is 17.3. The van der Waals surface area contributed by atoms with Crippen molar-refractivity contribution in [1.82, 2.24) is 4.68 Å². The molecule has 7 nitrogen and oxygen atoms in total. The largest absolute Gasteiger partial charge is 0.508 e. The van der Waals surface area contributed by atoms with Gasteiger partial charge in [0.15, 0.2) is 3.95 Å². The molecular weight excluding hydrogens is 410 g/mol. The molecule has 0 radical (unpaired) electrons. The van der Waals surface area contributed by atoms with E-state index in [4.69, 9.17) is 17.0 Å². The summed E-state index contributed by atoms with van der Waals surface area (Å²) in [5, 5.41) is 19.9. The number of aromatic nitrogens is 1. The standard InChI is InChI=1S/C20H15N3O4S2/c1-27-14-6-7-15-12(10-21-16(15)9-14)8-17-19(26)23(20(28)29-17)22-18(25)11-2-4-13(24)5-3-11/h2-10,24,26H,1H3,(H,22,25)/b12-8+. The first kappa shape index (κ1) is 18.9. The number of hydrogen-bond donors (Lipinski definition) is 3. The summed E-state index contributed by atoms with van der Waals surface area (Å²) in [6, 6.07) is 11.3. The van der Waals surface area contributed by atoms with Crippen LogP contribution >= 0.6 is 23.6 Å². The highest BCUT2D eigenvalue weighted by Crippen LogP contribution is 2.37. The Kier molecular flexibility index (Phi) is 4.91. The van der Waals surface area contributed by atoms with Gasteiger partial charge in [0.25, 0.3) is 5.91 Å². The Morgan fingerprint density at radius 2 is 2.00 bits per heavy atom. The molecule has 1 aliphatic heterocycles. The lowest BCUT2D eigenvalue weighted by atomic mass is 10.1. The Bertz CT molecular complexity index is 1220. The molecule has 0 bridgehead atoms. The number of allylic oxidation sites excluding steroid dienone is 1. The smallest absolute Gasteiger partial charge is 0.270 e. The molecule has 3 aromatic rings. The monoisotopic (exact) mass is 425 g/mol. The van der Waals surface area contributed by atoms with Crippen LogP contribution in [0, 0.1) is 3.95 Å². The Morgan fingerprint density at radius 1 is 1.24 bits per heavy atom. The zero-order valence-electron chi connectivity index (χ0n) is 15.1. The molecular formula is C20H15N3O4S2. The molecule has 146 valence electrons. The fraction of sp³-hybridized carbons (Fsp3) is 0.0500. The Hall–Kier alpha value is -3.43. The fourth-order valence-electron chi connectivity index (χ4n) is 2.81. The van der Waals surface area contributed by atoms with Gasteiger partial charge in [-0.15, -0.1) is 0 Å². The molecule has 0 saturated carbocycles. The molecule has 4 rings (SSSR count). The lowest BCUT2D eigenvalue weighted by Crippen LogP contribution is -2.22. The molecule has 0 aliphatic carbocycles. The van der Waals surface area contributed by atoms with Gasteiger partial charge in [-0.1, -0.05) is 11.3 Å². The zero-order valence-corrected chi connectivity index (χ0v) is 16.8. The van der Waals surface area contributed by atoms with Crippen LogP contribution in [0.5, 0.6) is 17.4 Å². The molecule has 0 atom stereocenters. The van der Waals surface area contributed by atoms with E-state index in [0.29, 0.717) is 16.2 Å². The number of thiazole rings is 1. The maximum absolute atomic E-state index is 12.4. The van der Waals surface area contributed by atoms with E-state index in [1.54, 1.807) is 19.4 Å². The van der Waals surface area contributed by atoms with Crippen LogP contribution in [-0.4, -0.2) is 34.1 Å². The fourth-order valence-corrected chi connectivity index (χ4v) is 3.99. The molecule has 0 unspecified atom stereocenters. The van der Waals surface area contributed by atoms with Crippen molar-refractivity contribution >= 4 is 53.0 Å². The Balaban J connectivity index is 1.63. The van der Waals surface area contributed by atoms with Crippen molar-refractivity contribution in [2.24, 2.45) is 4.99 Å². The predicted octanol–water partition coefficient (Wildman–Crippen LogP) is 4.34. The molecule has 0 saturated heterocycles. The van der Waals surface area contributed by atoms with E-state index in [1.165, 1.54) is 24.3 Å². The van der Waals surface area contributed by atoms with E-state index in [-0.39, 0.29) is 15.6 Å². The number of amides is 1. The number of nitrogens with one attached hydrogen (secondary N) is 1. The number of carbonyl (C=O) groups excluding carboxylic acids is 1. The molecule has 0 spiro atoms. The number of rotatable bonds is 4. The van der Waals surface area contributed by atoms with Gasteiger partial charge in [0.2, 0.25) is 5.88 Å². The SMILES string of the molecule is COc1ccc2c(c1)N=C/C2=C\c1sc(=S)n(NC(=O)c2ccc(O)cc2)c1O. The topological polar surface area (TPSA) is 96.1 Å². The van der Waals surface area contributed by atoms with Crippen molar-refractivity contribution in [1.29, 1.82) is 0 Å². The van der Waals surface area contributed by atoms with E-state index in [2.05, 4.69) is 10.4 Å². The highest BCUT2D eigenvalue weighted by atomic mass is 32.1. The number of hydrogen-bond acceptors (Lipinski definition) is 7. The van der Waals surface area contributed by atoms with Gasteiger partial charge in [-0.25, -0.2) is 0 Å². The number of ether oxygens (including phenoxy) is 1. The van der Waals surface area contributed by atoms with Gasteiger partial charge in [0, 0.05) is 29.0 Å². The summed E-state index contributed by atoms with van der Waals surface area (Å²) in [6.45, 7) is 0. The van der Waals surface area contributed by atoms with Crippen LogP contribution in [0.25, 0.3) is 11.6 Å². The van der Waals surface area contributed by atoms with Crippen LogP contribution in [0.4, 0.5) is 5.69 Å². The molecule has 2 heterocycles. The van der Waals surface area contributed by atoms with Crippen LogP contribution in [-0.2, 0) is 0 Å². The first-order chi connectivity index (χ1) is 14.0. The minimum atomic E-state index is -0.465. The van der Waals surface area contributed by atoms with Crippen molar-refractivity contribution in [2.45, 2.75) is 0 Å². The van der Waals surface area contributed by atoms with Gasteiger partial charge < -0.3 is 14.9 Å². The second-order valence-electron chi connectivity index (χ2n) is 6.12. The van der Waals surface area contributed by atoms with Gasteiger partial charge in [-0.3, -0.25) is 15.2 Å². The number of phenolic OH excluding ortho intramolecular Hbond substituents is 1. The maximum Gasteiger partial charge on any atom is 0.270 e. The van der Waals surface area contributed by atoms with Gasteiger partial charge in [-0.05, 0) is 54.7 Å². The lowest BCUT2D eigenvalue weighted by molar-refractivity contribution is 0.101. The van der Waals surface area contributed by atoms with Gasteiger partial charge in [0.1, 0.15) is 11.5 Å². The molecule has 0 fully saturated rings. The van der Waals surface area contributed by atoms with Crippen LogP contribution in [0.1, 0.15) is 20.8 Å². The van der Waals surface area contributed by atoms with Crippen molar-refractivity contribution in [2.75, 3.05) is 12.5 Å². The number of aromatic hydroxyl groups is 2. The van der Waals surface area contributed by atoms with Crippen molar-refractivity contribution in [3.8, 4) is 17.4 Å². The molecule has 1 aliphatic rings. The summed E-state index contributed by atoms with van der Waals surface area (Å²) in [5.41, 5.74) is 5.38. The average Bonchev–Trinajstić information content (AvgIpc) is 3.24. The number of fused-ring (bicyclic) bond motifs is 1. The maximum atomic E-state index is 12.4. The van der Waals surface area contributed by atoms with Crippen LogP contribution in [0.15, 0.2) is 47.5 Å². The molecule has 2 aromatic carbocycles. The third kappa shape index (κ3) is 3.65. The lowest BCUT2D eigenvalue weighted by Gasteiger charge is -2.07. The highest BCUT2D eigenvalue weighted by molar-refractivity contribution is 7.73. The van der Waals surface area contributed by atoms with Crippen LogP contribution < -0.4 is 10.2 Å². The summed E-state index contributed by atoms with van der Waals surface area (Å²) in [7, 11) is 1.59. The molecule has 1 aromatic heterocycles. The second kappa shape index (κ2) is 7.53. The van der Waals surface area contributed by atoms with Crippen molar-refractivity contribution in [3.63, 3.8) is 0 Å². The third-order valence-corrected chi connectivity index (χ3v) is 5.61. The van der Waals surface area contributed by atoms with E-state index < -0.39 is 5.91 Å². The predicted molar refractivity (Wildman–Crippen MR) is 116 cm³/mol. The number of benzene rings is 2. The summed E-state index contributed by atoms with van der Waals surface area (Å²) in [6.07, 6.45) is 3.46. The first-order valence-electron chi connectivity index (χ1n) is 8.45. The number of phenols is 1. The first-order valence-corrected chi connectivity index (χ1v) is 9.68. The Labute approximate surface area is 174 Å². The highest BCUT2D eigenvalue weighted by Gasteiger charge is 2.17. The third-order valence-electron chi connectivity index (χ3n) is 4.30.